The Hall–Kier alpha value is -2.77. The first-order chi connectivity index (χ1) is 12.7. The Morgan fingerprint density at radius 3 is 2.12 bits per heavy atom. The van der Waals surface area contributed by atoms with Crippen LogP contribution < -0.4 is 4.74 Å². The van der Waals surface area contributed by atoms with E-state index in [1.54, 1.807) is 24.3 Å². The lowest BCUT2D eigenvalue weighted by Crippen LogP contribution is -2.08. The first kappa shape index (κ1) is 19.6. The number of hydrogen-bond donors (Lipinski definition) is 1. The van der Waals surface area contributed by atoms with Crippen molar-refractivity contribution in [2.75, 3.05) is 19.8 Å². The molecule has 0 aliphatic rings. The summed E-state index contributed by atoms with van der Waals surface area (Å²) >= 11 is 0. The van der Waals surface area contributed by atoms with Crippen molar-refractivity contribution in [3.8, 4) is 17.6 Å². The zero-order chi connectivity index (χ0) is 18.6. The minimum absolute atomic E-state index is 0.00129. The van der Waals surface area contributed by atoms with E-state index in [9.17, 15) is 4.79 Å². The maximum absolute atomic E-state index is 11.7. The average molecular weight is 352 g/mol. The van der Waals surface area contributed by atoms with E-state index >= 15 is 0 Å². The summed E-state index contributed by atoms with van der Waals surface area (Å²) in [5.74, 6) is 6.57. The zero-order valence-corrected chi connectivity index (χ0v) is 15.0. The van der Waals surface area contributed by atoms with Gasteiger partial charge in [0.05, 0.1) is 18.8 Å². The normalized spacial score (nSPS) is 9.92. The van der Waals surface area contributed by atoms with E-state index < -0.39 is 5.97 Å². The smallest absolute Gasteiger partial charge is 0.338 e. The third-order valence-corrected chi connectivity index (χ3v) is 3.67. The molecule has 0 unspecified atom stereocenters. The Bertz CT molecular complexity index is 736. The van der Waals surface area contributed by atoms with Gasteiger partial charge in [-0.15, -0.1) is 0 Å². The van der Waals surface area contributed by atoms with Crippen molar-refractivity contribution in [1.29, 1.82) is 0 Å². The summed E-state index contributed by atoms with van der Waals surface area (Å²) in [5, 5.41) is 8.66. The van der Waals surface area contributed by atoms with Crippen LogP contribution in [0, 0.1) is 11.8 Å². The molecule has 2 rings (SSSR count). The number of hydrogen-bond acceptors (Lipinski definition) is 4. The van der Waals surface area contributed by atoms with Gasteiger partial charge < -0.3 is 14.6 Å². The first-order valence-corrected chi connectivity index (χ1v) is 8.86. The van der Waals surface area contributed by atoms with Gasteiger partial charge in [0.2, 0.25) is 0 Å². The Morgan fingerprint density at radius 2 is 1.54 bits per heavy atom. The van der Waals surface area contributed by atoms with Gasteiger partial charge in [0.1, 0.15) is 12.4 Å². The SMILES string of the molecule is CCCCCOc1ccc(C#Cc2ccc(C(=O)OCCO)cc2)cc1. The van der Waals surface area contributed by atoms with Crippen LogP contribution in [-0.2, 0) is 4.74 Å². The van der Waals surface area contributed by atoms with Gasteiger partial charge in [0, 0.05) is 11.1 Å². The van der Waals surface area contributed by atoms with Gasteiger partial charge in [-0.1, -0.05) is 31.6 Å². The fraction of sp³-hybridized carbons (Fsp3) is 0.318. The highest BCUT2D eigenvalue weighted by Gasteiger charge is 2.05. The molecule has 0 aliphatic carbocycles. The zero-order valence-electron chi connectivity index (χ0n) is 15.0. The van der Waals surface area contributed by atoms with Gasteiger partial charge in [-0.25, -0.2) is 4.79 Å². The minimum atomic E-state index is -0.451. The van der Waals surface area contributed by atoms with Crippen LogP contribution in [0.4, 0.5) is 0 Å². The fourth-order valence-corrected chi connectivity index (χ4v) is 2.23. The number of esters is 1. The molecule has 0 saturated heterocycles. The maximum atomic E-state index is 11.7. The lowest BCUT2D eigenvalue weighted by molar-refractivity contribution is 0.0434. The summed E-state index contributed by atoms with van der Waals surface area (Å²) in [7, 11) is 0. The summed E-state index contributed by atoms with van der Waals surface area (Å²) in [6.07, 6.45) is 3.44. The van der Waals surface area contributed by atoms with Gasteiger partial charge >= 0.3 is 5.97 Å². The van der Waals surface area contributed by atoms with Crippen LogP contribution in [0.25, 0.3) is 0 Å². The number of carbonyl (C=O) groups excluding carboxylic acids is 1. The van der Waals surface area contributed by atoms with Crippen LogP contribution in [0.5, 0.6) is 5.75 Å². The lowest BCUT2D eigenvalue weighted by Gasteiger charge is -2.05. The molecule has 136 valence electrons. The van der Waals surface area contributed by atoms with E-state index in [4.69, 9.17) is 14.6 Å². The molecule has 0 amide bonds. The Labute approximate surface area is 154 Å². The summed E-state index contributed by atoms with van der Waals surface area (Å²) < 4.78 is 10.5. The second-order valence-corrected chi connectivity index (χ2v) is 5.77. The molecule has 0 aliphatic heterocycles. The lowest BCUT2D eigenvalue weighted by atomic mass is 10.1. The van der Waals surface area contributed by atoms with Crippen molar-refractivity contribution in [3.63, 3.8) is 0 Å². The molecule has 4 nitrogen and oxygen atoms in total. The fourth-order valence-electron chi connectivity index (χ4n) is 2.23. The average Bonchev–Trinajstić information content (AvgIpc) is 2.69. The Kier molecular flexibility index (Phi) is 8.25. The van der Waals surface area contributed by atoms with Gasteiger partial charge in [-0.2, -0.15) is 0 Å². The number of rotatable bonds is 8. The number of unbranched alkanes of at least 4 members (excludes halogenated alkanes) is 2. The van der Waals surface area contributed by atoms with E-state index in [-0.39, 0.29) is 13.2 Å². The highest BCUT2D eigenvalue weighted by Crippen LogP contribution is 2.12. The molecule has 1 N–H and O–H groups in total. The predicted octanol–water partition coefficient (Wildman–Crippen LogP) is 3.80. The van der Waals surface area contributed by atoms with E-state index in [1.165, 1.54) is 12.8 Å². The maximum Gasteiger partial charge on any atom is 0.338 e. The standard InChI is InChI=1S/C22H24O4/c1-2-3-4-16-25-21-13-9-19(10-14-21)6-5-18-7-11-20(12-8-18)22(24)26-17-15-23/h7-14,23H,2-4,15-17H2,1H3. The molecule has 0 spiro atoms. The molecule has 0 bridgehead atoms. The third kappa shape index (κ3) is 6.62. The molecule has 0 radical (unpaired) electrons. The molecule has 0 saturated carbocycles. The summed E-state index contributed by atoms with van der Waals surface area (Å²) in [6, 6.07) is 14.6. The molecule has 26 heavy (non-hydrogen) atoms. The van der Waals surface area contributed by atoms with Crippen LogP contribution in [0.2, 0.25) is 0 Å². The van der Waals surface area contributed by atoms with Crippen molar-refractivity contribution in [3.05, 3.63) is 65.2 Å². The minimum Gasteiger partial charge on any atom is -0.494 e. The Balaban J connectivity index is 1.91. The highest BCUT2D eigenvalue weighted by atomic mass is 16.5. The second kappa shape index (κ2) is 11.0. The van der Waals surface area contributed by atoms with Crippen molar-refractivity contribution in [2.24, 2.45) is 0 Å². The van der Waals surface area contributed by atoms with E-state index in [0.717, 1.165) is 29.9 Å². The monoisotopic (exact) mass is 352 g/mol. The molecular formula is C22H24O4. The van der Waals surface area contributed by atoms with Crippen molar-refractivity contribution in [1.82, 2.24) is 0 Å². The topological polar surface area (TPSA) is 55.8 Å². The number of benzene rings is 2. The van der Waals surface area contributed by atoms with Gasteiger partial charge in [0.25, 0.3) is 0 Å². The summed E-state index contributed by atoms with van der Waals surface area (Å²) in [4.78, 5) is 11.7. The molecule has 0 fully saturated rings. The second-order valence-electron chi connectivity index (χ2n) is 5.77. The molecule has 2 aromatic carbocycles. The van der Waals surface area contributed by atoms with Gasteiger partial charge in [-0.05, 0) is 55.0 Å². The molecule has 0 heterocycles. The van der Waals surface area contributed by atoms with E-state index in [1.807, 2.05) is 24.3 Å². The van der Waals surface area contributed by atoms with Crippen LogP contribution in [0.1, 0.15) is 47.7 Å². The van der Waals surface area contributed by atoms with Crippen LogP contribution >= 0.6 is 0 Å². The van der Waals surface area contributed by atoms with Crippen LogP contribution in [0.15, 0.2) is 48.5 Å². The number of ether oxygens (including phenoxy) is 2. The molecule has 0 aromatic heterocycles. The quantitative estimate of drug-likeness (QED) is 0.446. The Morgan fingerprint density at radius 1 is 0.923 bits per heavy atom. The molecule has 4 heteroatoms. The third-order valence-electron chi connectivity index (χ3n) is 3.67. The van der Waals surface area contributed by atoms with Crippen LogP contribution in [0.3, 0.4) is 0 Å². The molecule has 0 atom stereocenters. The largest absolute Gasteiger partial charge is 0.494 e. The highest BCUT2D eigenvalue weighted by molar-refractivity contribution is 5.89. The van der Waals surface area contributed by atoms with E-state index in [0.29, 0.717) is 5.56 Å². The molecule has 2 aromatic rings. The van der Waals surface area contributed by atoms with Crippen molar-refractivity contribution < 1.29 is 19.4 Å². The van der Waals surface area contributed by atoms with Gasteiger partial charge in [-0.3, -0.25) is 0 Å². The van der Waals surface area contributed by atoms with Crippen molar-refractivity contribution >= 4 is 5.97 Å². The van der Waals surface area contributed by atoms with Crippen molar-refractivity contribution in [2.45, 2.75) is 26.2 Å². The number of aliphatic hydroxyl groups excluding tert-OH is 1. The summed E-state index contributed by atoms with van der Waals surface area (Å²) in [6.45, 7) is 2.73. The first-order valence-electron chi connectivity index (χ1n) is 8.86. The number of carbonyl (C=O) groups is 1. The van der Waals surface area contributed by atoms with E-state index in [2.05, 4.69) is 18.8 Å². The summed E-state index contributed by atoms with van der Waals surface area (Å²) in [5.41, 5.74) is 2.15. The number of aliphatic hydroxyl groups is 1. The molecular weight excluding hydrogens is 328 g/mol. The van der Waals surface area contributed by atoms with Gasteiger partial charge in [0.15, 0.2) is 0 Å². The van der Waals surface area contributed by atoms with Crippen LogP contribution in [-0.4, -0.2) is 30.9 Å². The predicted molar refractivity (Wildman–Crippen MR) is 101 cm³/mol.